The molecule has 0 saturated heterocycles. The summed E-state index contributed by atoms with van der Waals surface area (Å²) in [6.45, 7) is 0.879. The highest BCUT2D eigenvalue weighted by atomic mass is 79.9. The molecule has 0 fully saturated rings. The van der Waals surface area contributed by atoms with E-state index in [2.05, 4.69) is 15.9 Å². The first-order chi connectivity index (χ1) is 8.69. The van der Waals surface area contributed by atoms with Crippen LogP contribution in [0, 0.1) is 0 Å². The molecular weight excluding hydrogens is 294 g/mol. The molecule has 0 spiro atoms. The molecule has 4 heteroatoms. The number of benzene rings is 2. The zero-order valence-corrected chi connectivity index (χ0v) is 11.4. The molecule has 0 radical (unpaired) electrons. The molecule has 0 aliphatic heterocycles. The minimum absolute atomic E-state index is 0.245. The first kappa shape index (κ1) is 12.9. The summed E-state index contributed by atoms with van der Waals surface area (Å²) < 4.78 is 6.64. The first-order valence-corrected chi connectivity index (χ1v) is 6.37. The van der Waals surface area contributed by atoms with E-state index < -0.39 is 0 Å². The molecule has 0 aliphatic carbocycles. The quantitative estimate of drug-likeness (QED) is 0.912. The van der Waals surface area contributed by atoms with Crippen molar-refractivity contribution in [3.05, 3.63) is 58.1 Å². The van der Waals surface area contributed by atoms with Gasteiger partial charge in [0.1, 0.15) is 18.1 Å². The second kappa shape index (κ2) is 5.89. The van der Waals surface area contributed by atoms with E-state index in [4.69, 9.17) is 10.5 Å². The molecule has 2 rings (SSSR count). The summed E-state index contributed by atoms with van der Waals surface area (Å²) >= 11 is 3.43. The van der Waals surface area contributed by atoms with Crippen molar-refractivity contribution >= 4 is 15.9 Å². The molecule has 0 aliphatic rings. The number of hydrogen-bond acceptors (Lipinski definition) is 3. The van der Waals surface area contributed by atoms with Gasteiger partial charge in [0.15, 0.2) is 0 Å². The van der Waals surface area contributed by atoms with E-state index in [0.29, 0.717) is 13.2 Å². The predicted octanol–water partition coefficient (Wildman–Crippen LogP) is 3.19. The van der Waals surface area contributed by atoms with Crippen molar-refractivity contribution in [2.75, 3.05) is 0 Å². The number of rotatable bonds is 4. The third-order valence-electron chi connectivity index (χ3n) is 2.55. The van der Waals surface area contributed by atoms with Gasteiger partial charge in [-0.2, -0.15) is 0 Å². The Balaban J connectivity index is 2.06. The van der Waals surface area contributed by atoms with E-state index in [-0.39, 0.29) is 5.75 Å². The van der Waals surface area contributed by atoms with Gasteiger partial charge in [0.05, 0.1) is 0 Å². The molecule has 0 bridgehead atoms. The van der Waals surface area contributed by atoms with Crippen molar-refractivity contribution < 1.29 is 9.84 Å². The largest absolute Gasteiger partial charge is 0.508 e. The van der Waals surface area contributed by atoms with Crippen molar-refractivity contribution in [3.8, 4) is 11.5 Å². The van der Waals surface area contributed by atoms with Crippen LogP contribution in [-0.4, -0.2) is 5.11 Å². The average Bonchev–Trinajstić information content (AvgIpc) is 2.38. The highest BCUT2D eigenvalue weighted by molar-refractivity contribution is 9.10. The van der Waals surface area contributed by atoms with Crippen molar-refractivity contribution in [1.29, 1.82) is 0 Å². The second-order valence-corrected chi connectivity index (χ2v) is 4.77. The number of halogens is 1. The lowest BCUT2D eigenvalue weighted by atomic mass is 10.2. The molecule has 0 aromatic heterocycles. The third kappa shape index (κ3) is 3.24. The maximum Gasteiger partial charge on any atom is 0.120 e. The summed E-state index contributed by atoms with van der Waals surface area (Å²) in [4.78, 5) is 0. The van der Waals surface area contributed by atoms with Gasteiger partial charge < -0.3 is 15.6 Å². The standard InChI is InChI=1S/C14H14BrNO2/c15-14-5-4-13(7-11(14)8-16)18-9-10-2-1-3-12(17)6-10/h1-7,17H,8-9,16H2. The Labute approximate surface area is 114 Å². The van der Waals surface area contributed by atoms with Crippen LogP contribution in [0.5, 0.6) is 11.5 Å². The van der Waals surface area contributed by atoms with Crippen LogP contribution in [-0.2, 0) is 13.2 Å². The lowest BCUT2D eigenvalue weighted by molar-refractivity contribution is 0.305. The minimum atomic E-state index is 0.245. The van der Waals surface area contributed by atoms with E-state index in [1.165, 1.54) is 0 Å². The van der Waals surface area contributed by atoms with Gasteiger partial charge in [-0.1, -0.05) is 28.1 Å². The number of phenolic OH excluding ortho intramolecular Hbond substituents is 1. The average molecular weight is 308 g/mol. The fourth-order valence-corrected chi connectivity index (χ4v) is 2.02. The zero-order valence-electron chi connectivity index (χ0n) is 9.77. The number of ether oxygens (including phenoxy) is 1. The Hall–Kier alpha value is -1.52. The molecule has 2 aromatic carbocycles. The molecule has 18 heavy (non-hydrogen) atoms. The normalized spacial score (nSPS) is 10.3. The summed E-state index contributed by atoms with van der Waals surface area (Å²) in [5, 5.41) is 9.35. The Morgan fingerprint density at radius 2 is 2.00 bits per heavy atom. The van der Waals surface area contributed by atoms with Gasteiger partial charge in [0.2, 0.25) is 0 Å². The van der Waals surface area contributed by atoms with Crippen LogP contribution in [0.25, 0.3) is 0 Å². The van der Waals surface area contributed by atoms with E-state index >= 15 is 0 Å². The maximum atomic E-state index is 9.35. The van der Waals surface area contributed by atoms with Gasteiger partial charge in [-0.15, -0.1) is 0 Å². The zero-order chi connectivity index (χ0) is 13.0. The van der Waals surface area contributed by atoms with Gasteiger partial charge in [0.25, 0.3) is 0 Å². The van der Waals surface area contributed by atoms with Gasteiger partial charge in [0, 0.05) is 11.0 Å². The smallest absolute Gasteiger partial charge is 0.120 e. The molecular formula is C14H14BrNO2. The summed E-state index contributed by atoms with van der Waals surface area (Å²) in [7, 11) is 0. The van der Waals surface area contributed by atoms with E-state index in [1.807, 2.05) is 24.3 Å². The van der Waals surface area contributed by atoms with Gasteiger partial charge >= 0.3 is 0 Å². The van der Waals surface area contributed by atoms with E-state index in [9.17, 15) is 5.11 Å². The van der Waals surface area contributed by atoms with E-state index in [0.717, 1.165) is 21.3 Å². The fraction of sp³-hybridized carbons (Fsp3) is 0.143. The Bertz CT molecular complexity index is 543. The predicted molar refractivity (Wildman–Crippen MR) is 74.5 cm³/mol. The van der Waals surface area contributed by atoms with Crippen LogP contribution in [0.3, 0.4) is 0 Å². The SMILES string of the molecule is NCc1cc(OCc2cccc(O)c2)ccc1Br. The number of phenols is 1. The Morgan fingerprint density at radius 3 is 2.72 bits per heavy atom. The maximum absolute atomic E-state index is 9.35. The van der Waals surface area contributed by atoms with Crippen LogP contribution in [0.4, 0.5) is 0 Å². The Kier molecular flexibility index (Phi) is 4.23. The van der Waals surface area contributed by atoms with Gasteiger partial charge in [-0.3, -0.25) is 0 Å². The van der Waals surface area contributed by atoms with Crippen molar-refractivity contribution in [2.24, 2.45) is 5.73 Å². The summed E-state index contributed by atoms with van der Waals surface area (Å²) in [5.41, 5.74) is 7.55. The molecule has 3 nitrogen and oxygen atoms in total. The highest BCUT2D eigenvalue weighted by Crippen LogP contribution is 2.23. The first-order valence-electron chi connectivity index (χ1n) is 5.58. The van der Waals surface area contributed by atoms with Crippen LogP contribution in [0.1, 0.15) is 11.1 Å². The van der Waals surface area contributed by atoms with Crippen molar-refractivity contribution in [2.45, 2.75) is 13.2 Å². The summed E-state index contributed by atoms with van der Waals surface area (Å²) in [6, 6.07) is 12.7. The van der Waals surface area contributed by atoms with Crippen molar-refractivity contribution in [1.82, 2.24) is 0 Å². The molecule has 0 amide bonds. The van der Waals surface area contributed by atoms with Crippen LogP contribution >= 0.6 is 15.9 Å². The number of aromatic hydroxyl groups is 1. The molecule has 2 aromatic rings. The molecule has 0 saturated carbocycles. The van der Waals surface area contributed by atoms with Crippen molar-refractivity contribution in [3.63, 3.8) is 0 Å². The topological polar surface area (TPSA) is 55.5 Å². The van der Waals surface area contributed by atoms with Gasteiger partial charge in [-0.25, -0.2) is 0 Å². The molecule has 94 valence electrons. The number of nitrogens with two attached hydrogens (primary N) is 1. The van der Waals surface area contributed by atoms with Crippen LogP contribution in [0.2, 0.25) is 0 Å². The fourth-order valence-electron chi connectivity index (χ4n) is 1.61. The number of hydrogen-bond donors (Lipinski definition) is 2. The monoisotopic (exact) mass is 307 g/mol. The van der Waals surface area contributed by atoms with Crippen LogP contribution in [0.15, 0.2) is 46.9 Å². The van der Waals surface area contributed by atoms with Crippen LogP contribution < -0.4 is 10.5 Å². The molecule has 0 heterocycles. The molecule has 3 N–H and O–H groups in total. The summed E-state index contributed by atoms with van der Waals surface area (Å²) in [6.07, 6.45) is 0. The molecule has 0 atom stereocenters. The Morgan fingerprint density at radius 1 is 1.17 bits per heavy atom. The van der Waals surface area contributed by atoms with Gasteiger partial charge in [-0.05, 0) is 41.5 Å². The summed E-state index contributed by atoms with van der Waals surface area (Å²) in [5.74, 6) is 1.01. The highest BCUT2D eigenvalue weighted by Gasteiger charge is 2.02. The molecule has 0 unspecified atom stereocenters. The lowest BCUT2D eigenvalue weighted by Crippen LogP contribution is -2.00. The minimum Gasteiger partial charge on any atom is -0.508 e. The lowest BCUT2D eigenvalue weighted by Gasteiger charge is -2.09. The third-order valence-corrected chi connectivity index (χ3v) is 3.33. The van der Waals surface area contributed by atoms with E-state index in [1.54, 1.807) is 18.2 Å². The second-order valence-electron chi connectivity index (χ2n) is 3.92.